The first-order chi connectivity index (χ1) is 8.97. The second-order valence-corrected chi connectivity index (χ2v) is 7.64. The zero-order chi connectivity index (χ0) is 13.9. The Bertz CT molecular complexity index is 517. The maximum atomic E-state index is 12.0. The van der Waals surface area contributed by atoms with Gasteiger partial charge in [-0.2, -0.15) is 4.31 Å². The van der Waals surface area contributed by atoms with Crippen LogP contribution in [0.1, 0.15) is 11.3 Å². The quantitative estimate of drug-likeness (QED) is 0.826. The summed E-state index contributed by atoms with van der Waals surface area (Å²) in [6.45, 7) is 1.81. The van der Waals surface area contributed by atoms with Gasteiger partial charge < -0.3 is 4.90 Å². The molecule has 1 aromatic rings. The number of hydrogen-bond acceptors (Lipinski definition) is 4. The number of nitrogens with zero attached hydrogens (tertiary/aromatic N) is 2. The fourth-order valence-electron chi connectivity index (χ4n) is 2.11. The van der Waals surface area contributed by atoms with Crippen molar-refractivity contribution in [3.05, 3.63) is 22.4 Å². The molecule has 1 aromatic heterocycles. The van der Waals surface area contributed by atoms with Crippen molar-refractivity contribution in [2.24, 2.45) is 0 Å². The lowest BCUT2D eigenvalue weighted by Crippen LogP contribution is -2.50. The van der Waals surface area contributed by atoms with E-state index in [-0.39, 0.29) is 5.91 Å². The van der Waals surface area contributed by atoms with Crippen LogP contribution in [0.2, 0.25) is 0 Å². The lowest BCUT2D eigenvalue weighted by atomic mass is 10.2. The van der Waals surface area contributed by atoms with Crippen molar-refractivity contribution in [1.82, 2.24) is 9.21 Å². The highest BCUT2D eigenvalue weighted by molar-refractivity contribution is 7.88. The van der Waals surface area contributed by atoms with E-state index in [0.29, 0.717) is 32.6 Å². The minimum Gasteiger partial charge on any atom is -0.340 e. The van der Waals surface area contributed by atoms with Crippen molar-refractivity contribution in [2.75, 3.05) is 32.4 Å². The highest BCUT2D eigenvalue weighted by Crippen LogP contribution is 2.13. The molecule has 1 fully saturated rings. The molecule has 0 saturated carbocycles. The van der Waals surface area contributed by atoms with E-state index in [1.54, 1.807) is 16.2 Å². The van der Waals surface area contributed by atoms with Crippen molar-refractivity contribution >= 4 is 27.3 Å². The summed E-state index contributed by atoms with van der Waals surface area (Å²) in [6, 6.07) is 4.01. The van der Waals surface area contributed by atoms with Crippen LogP contribution < -0.4 is 0 Å². The predicted molar refractivity (Wildman–Crippen MR) is 75.6 cm³/mol. The molecule has 0 spiro atoms. The van der Waals surface area contributed by atoms with E-state index in [1.165, 1.54) is 15.4 Å². The van der Waals surface area contributed by atoms with Crippen molar-refractivity contribution in [1.29, 1.82) is 0 Å². The number of amides is 1. The van der Waals surface area contributed by atoms with E-state index < -0.39 is 10.0 Å². The van der Waals surface area contributed by atoms with Gasteiger partial charge in [0.15, 0.2) is 0 Å². The molecule has 0 unspecified atom stereocenters. The van der Waals surface area contributed by atoms with Crippen LogP contribution in [0.5, 0.6) is 0 Å². The first-order valence-electron chi connectivity index (χ1n) is 6.22. The summed E-state index contributed by atoms with van der Waals surface area (Å²) < 4.78 is 24.2. The van der Waals surface area contributed by atoms with Gasteiger partial charge in [-0.05, 0) is 17.9 Å². The maximum Gasteiger partial charge on any atom is 0.223 e. The Kier molecular flexibility index (Phi) is 4.59. The lowest BCUT2D eigenvalue weighted by molar-refractivity contribution is -0.132. The van der Waals surface area contributed by atoms with Crippen LogP contribution >= 0.6 is 11.3 Å². The number of hydrogen-bond donors (Lipinski definition) is 0. The normalized spacial score (nSPS) is 17.6. The third kappa shape index (κ3) is 4.02. The molecule has 5 nitrogen and oxygen atoms in total. The zero-order valence-corrected chi connectivity index (χ0v) is 12.5. The molecule has 2 heterocycles. The molecule has 1 aliphatic heterocycles. The molecular weight excluding hydrogens is 284 g/mol. The van der Waals surface area contributed by atoms with E-state index in [0.717, 1.165) is 6.42 Å². The van der Waals surface area contributed by atoms with E-state index in [9.17, 15) is 13.2 Å². The van der Waals surface area contributed by atoms with Gasteiger partial charge in [-0.15, -0.1) is 11.3 Å². The summed E-state index contributed by atoms with van der Waals surface area (Å²) in [5, 5.41) is 2.00. The number of thiophene rings is 1. The molecule has 106 valence electrons. The van der Waals surface area contributed by atoms with E-state index in [1.807, 2.05) is 17.5 Å². The van der Waals surface area contributed by atoms with Crippen molar-refractivity contribution in [3.63, 3.8) is 0 Å². The monoisotopic (exact) mass is 302 g/mol. The minimum atomic E-state index is -3.13. The van der Waals surface area contributed by atoms with Gasteiger partial charge in [-0.25, -0.2) is 8.42 Å². The lowest BCUT2D eigenvalue weighted by Gasteiger charge is -2.33. The highest BCUT2D eigenvalue weighted by Gasteiger charge is 2.25. The molecule has 2 rings (SSSR count). The fraction of sp³-hybridized carbons (Fsp3) is 0.583. The summed E-state index contributed by atoms with van der Waals surface area (Å²) >= 11 is 1.66. The van der Waals surface area contributed by atoms with Crippen molar-refractivity contribution < 1.29 is 13.2 Å². The number of rotatable bonds is 4. The molecule has 0 atom stereocenters. The predicted octanol–water partition coefficient (Wildman–Crippen LogP) is 0.784. The van der Waals surface area contributed by atoms with E-state index in [4.69, 9.17) is 0 Å². The molecule has 1 aliphatic rings. The van der Waals surface area contributed by atoms with Gasteiger partial charge in [0.1, 0.15) is 0 Å². The Morgan fingerprint density at radius 1 is 1.32 bits per heavy atom. The minimum absolute atomic E-state index is 0.113. The molecule has 0 radical (unpaired) electrons. The van der Waals surface area contributed by atoms with E-state index >= 15 is 0 Å². The van der Waals surface area contributed by atoms with Crippen molar-refractivity contribution in [3.8, 4) is 0 Å². The Labute approximate surface area is 117 Å². The largest absolute Gasteiger partial charge is 0.340 e. The van der Waals surface area contributed by atoms with Gasteiger partial charge in [-0.3, -0.25) is 4.79 Å². The van der Waals surface area contributed by atoms with Crippen LogP contribution in [0.4, 0.5) is 0 Å². The number of piperazine rings is 1. The molecule has 0 bridgehead atoms. The number of aryl methyl sites for hydroxylation is 1. The van der Waals surface area contributed by atoms with Crippen LogP contribution in [-0.4, -0.2) is 56.0 Å². The molecule has 1 saturated heterocycles. The van der Waals surface area contributed by atoms with Crippen LogP contribution in [0.25, 0.3) is 0 Å². The molecule has 19 heavy (non-hydrogen) atoms. The molecular formula is C12H18N2O3S2. The standard InChI is InChI=1S/C12H18N2O3S2/c1-19(16,17)14-8-6-13(7-9-14)12(15)5-4-11-3-2-10-18-11/h2-3,10H,4-9H2,1H3. The Hall–Kier alpha value is -0.920. The van der Waals surface area contributed by atoms with Crippen molar-refractivity contribution in [2.45, 2.75) is 12.8 Å². The third-order valence-corrected chi connectivity index (χ3v) is 5.47. The second kappa shape index (κ2) is 6.02. The van der Waals surface area contributed by atoms with Crippen LogP contribution in [-0.2, 0) is 21.2 Å². The van der Waals surface area contributed by atoms with Gasteiger partial charge in [0.25, 0.3) is 0 Å². The second-order valence-electron chi connectivity index (χ2n) is 4.62. The zero-order valence-electron chi connectivity index (χ0n) is 10.9. The molecule has 0 aromatic carbocycles. The topological polar surface area (TPSA) is 57.7 Å². The first kappa shape index (κ1) is 14.5. The highest BCUT2D eigenvalue weighted by atomic mass is 32.2. The number of carbonyl (C=O) groups excluding carboxylic acids is 1. The Morgan fingerprint density at radius 2 is 2.00 bits per heavy atom. The Morgan fingerprint density at radius 3 is 2.53 bits per heavy atom. The number of carbonyl (C=O) groups is 1. The first-order valence-corrected chi connectivity index (χ1v) is 8.95. The van der Waals surface area contributed by atoms with Crippen LogP contribution in [0, 0.1) is 0 Å². The molecule has 1 amide bonds. The Balaban J connectivity index is 1.79. The van der Waals surface area contributed by atoms with E-state index in [2.05, 4.69) is 0 Å². The third-order valence-electron chi connectivity index (χ3n) is 3.23. The summed E-state index contributed by atoms with van der Waals surface area (Å²) in [5.41, 5.74) is 0. The smallest absolute Gasteiger partial charge is 0.223 e. The summed E-state index contributed by atoms with van der Waals surface area (Å²) in [6.07, 6.45) is 2.48. The number of sulfonamides is 1. The fourth-order valence-corrected chi connectivity index (χ4v) is 3.65. The van der Waals surface area contributed by atoms with Crippen LogP contribution in [0.3, 0.4) is 0 Å². The van der Waals surface area contributed by atoms with Gasteiger partial charge in [0.05, 0.1) is 6.26 Å². The van der Waals surface area contributed by atoms with Gasteiger partial charge in [-0.1, -0.05) is 6.07 Å². The van der Waals surface area contributed by atoms with Crippen LogP contribution in [0.15, 0.2) is 17.5 Å². The maximum absolute atomic E-state index is 12.0. The summed E-state index contributed by atoms with van der Waals surface area (Å²) in [4.78, 5) is 15.0. The molecule has 0 aliphatic carbocycles. The summed E-state index contributed by atoms with van der Waals surface area (Å²) in [5.74, 6) is 0.113. The van der Waals surface area contributed by atoms with Gasteiger partial charge in [0, 0.05) is 37.5 Å². The SMILES string of the molecule is CS(=O)(=O)N1CCN(C(=O)CCc2cccs2)CC1. The summed E-state index contributed by atoms with van der Waals surface area (Å²) in [7, 11) is -3.13. The molecule has 0 N–H and O–H groups in total. The average molecular weight is 302 g/mol. The van der Waals surface area contributed by atoms with Gasteiger partial charge >= 0.3 is 0 Å². The van der Waals surface area contributed by atoms with Gasteiger partial charge in [0.2, 0.25) is 15.9 Å². The average Bonchev–Trinajstić information content (AvgIpc) is 2.88. The molecule has 7 heteroatoms.